The van der Waals surface area contributed by atoms with E-state index in [4.69, 9.17) is 22.1 Å². The predicted octanol–water partition coefficient (Wildman–Crippen LogP) is 2.56. The fourth-order valence-electron chi connectivity index (χ4n) is 2.34. The monoisotopic (exact) mass is 336 g/mol. The summed E-state index contributed by atoms with van der Waals surface area (Å²) in [6, 6.07) is 5.10. The Hall–Kier alpha value is -2.21. The number of nitrogens with zero attached hydrogens (tertiary/aromatic N) is 2. The molecule has 3 N–H and O–H groups in total. The van der Waals surface area contributed by atoms with Gasteiger partial charge in [-0.15, -0.1) is 0 Å². The van der Waals surface area contributed by atoms with Crippen LogP contribution in [-0.4, -0.2) is 29.3 Å². The number of nitrogen functional groups attached to an aromatic ring is 1. The lowest BCUT2D eigenvalue weighted by Gasteiger charge is -2.11. The summed E-state index contributed by atoms with van der Waals surface area (Å²) in [7, 11) is 1.49. The van der Waals surface area contributed by atoms with Crippen molar-refractivity contribution < 1.29 is 9.53 Å². The Morgan fingerprint density at radius 3 is 2.74 bits per heavy atom. The van der Waals surface area contributed by atoms with Gasteiger partial charge in [0.25, 0.3) is 5.91 Å². The van der Waals surface area contributed by atoms with Crippen LogP contribution in [0.2, 0.25) is 5.02 Å². The molecule has 1 heterocycles. The van der Waals surface area contributed by atoms with Gasteiger partial charge in [0.05, 0.1) is 29.1 Å². The number of benzene rings is 1. The van der Waals surface area contributed by atoms with E-state index in [0.29, 0.717) is 28.6 Å². The average molecular weight is 337 g/mol. The summed E-state index contributed by atoms with van der Waals surface area (Å²) < 4.78 is 7.12. The van der Waals surface area contributed by atoms with Gasteiger partial charge in [-0.3, -0.25) is 9.48 Å². The van der Waals surface area contributed by atoms with Crippen molar-refractivity contribution in [1.82, 2.24) is 15.1 Å². The molecule has 0 radical (unpaired) electrons. The summed E-state index contributed by atoms with van der Waals surface area (Å²) in [6.45, 7) is 5.25. The molecule has 1 aromatic carbocycles. The van der Waals surface area contributed by atoms with Gasteiger partial charge < -0.3 is 15.8 Å². The van der Waals surface area contributed by atoms with E-state index in [1.54, 1.807) is 6.07 Å². The average Bonchev–Trinajstić information content (AvgIpc) is 2.83. The number of carbonyl (C=O) groups excluding carboxylic acids is 1. The van der Waals surface area contributed by atoms with Crippen molar-refractivity contribution in [2.24, 2.45) is 0 Å². The molecule has 2 rings (SSSR count). The van der Waals surface area contributed by atoms with Gasteiger partial charge in [-0.1, -0.05) is 11.6 Å². The fraction of sp³-hybridized carbons (Fsp3) is 0.375. The molecule has 7 heteroatoms. The Morgan fingerprint density at radius 1 is 1.39 bits per heavy atom. The van der Waals surface area contributed by atoms with Crippen molar-refractivity contribution in [3.05, 3.63) is 40.2 Å². The molecule has 0 aliphatic rings. The van der Waals surface area contributed by atoms with Crippen LogP contribution in [0.15, 0.2) is 18.2 Å². The molecule has 0 aliphatic heterocycles. The number of aryl methyl sites for hydroxylation is 3. The van der Waals surface area contributed by atoms with Crippen molar-refractivity contribution in [2.45, 2.75) is 26.8 Å². The molecule has 0 atom stereocenters. The highest BCUT2D eigenvalue weighted by molar-refractivity contribution is 6.33. The van der Waals surface area contributed by atoms with E-state index in [-0.39, 0.29) is 5.91 Å². The lowest BCUT2D eigenvalue weighted by Crippen LogP contribution is -2.26. The summed E-state index contributed by atoms with van der Waals surface area (Å²) in [6.07, 6.45) is 0.777. The first-order chi connectivity index (χ1) is 10.9. The number of nitrogens with one attached hydrogen (secondary N) is 1. The molecule has 0 fully saturated rings. The summed E-state index contributed by atoms with van der Waals surface area (Å²) in [5, 5.41) is 7.58. The van der Waals surface area contributed by atoms with Crippen molar-refractivity contribution in [3.8, 4) is 5.75 Å². The van der Waals surface area contributed by atoms with Gasteiger partial charge in [0.15, 0.2) is 0 Å². The molecule has 1 amide bonds. The molecule has 0 saturated heterocycles. The molecule has 6 nitrogen and oxygen atoms in total. The highest BCUT2D eigenvalue weighted by atomic mass is 35.5. The van der Waals surface area contributed by atoms with Crippen LogP contribution in [0.4, 0.5) is 5.69 Å². The first-order valence-corrected chi connectivity index (χ1v) is 7.72. The lowest BCUT2D eigenvalue weighted by molar-refractivity contribution is 0.0949. The van der Waals surface area contributed by atoms with E-state index >= 15 is 0 Å². The normalized spacial score (nSPS) is 10.6. The Balaban J connectivity index is 1.92. The topological polar surface area (TPSA) is 82.2 Å². The van der Waals surface area contributed by atoms with Gasteiger partial charge in [-0.05, 0) is 32.4 Å². The van der Waals surface area contributed by atoms with E-state index in [0.717, 1.165) is 24.4 Å². The Bertz CT molecular complexity index is 712. The first kappa shape index (κ1) is 17.1. The predicted molar refractivity (Wildman–Crippen MR) is 91.1 cm³/mol. The van der Waals surface area contributed by atoms with Crippen LogP contribution in [0.25, 0.3) is 0 Å². The minimum absolute atomic E-state index is 0.239. The van der Waals surface area contributed by atoms with E-state index in [2.05, 4.69) is 10.4 Å². The van der Waals surface area contributed by atoms with E-state index in [1.165, 1.54) is 13.2 Å². The maximum atomic E-state index is 12.3. The van der Waals surface area contributed by atoms with E-state index < -0.39 is 0 Å². The fourth-order valence-corrected chi connectivity index (χ4v) is 2.51. The van der Waals surface area contributed by atoms with Gasteiger partial charge in [0, 0.05) is 24.8 Å². The number of methoxy groups -OCH3 is 1. The maximum Gasteiger partial charge on any atom is 0.255 e. The third-order valence-corrected chi connectivity index (χ3v) is 3.83. The smallest absolute Gasteiger partial charge is 0.255 e. The van der Waals surface area contributed by atoms with Gasteiger partial charge in [-0.25, -0.2) is 0 Å². The minimum Gasteiger partial charge on any atom is -0.496 e. The van der Waals surface area contributed by atoms with Crippen LogP contribution in [0.5, 0.6) is 5.75 Å². The number of aromatic nitrogens is 2. The number of halogens is 1. The number of hydrogen-bond donors (Lipinski definition) is 2. The van der Waals surface area contributed by atoms with Gasteiger partial charge >= 0.3 is 0 Å². The van der Waals surface area contributed by atoms with Crippen LogP contribution in [0.3, 0.4) is 0 Å². The van der Waals surface area contributed by atoms with Gasteiger partial charge in [0.1, 0.15) is 5.75 Å². The molecule has 124 valence electrons. The second-order valence-electron chi connectivity index (χ2n) is 5.33. The SMILES string of the molecule is COc1cc(N)c(Cl)cc1C(=O)NCCCn1nc(C)cc1C. The summed E-state index contributed by atoms with van der Waals surface area (Å²) in [5.74, 6) is 0.167. The molecule has 1 aromatic heterocycles. The van der Waals surface area contributed by atoms with Crippen molar-refractivity contribution in [3.63, 3.8) is 0 Å². The van der Waals surface area contributed by atoms with Crippen LogP contribution in [-0.2, 0) is 6.54 Å². The number of ether oxygens (including phenoxy) is 1. The number of hydrogen-bond acceptors (Lipinski definition) is 4. The number of carbonyl (C=O) groups is 1. The Labute approximate surface area is 140 Å². The molecule has 0 spiro atoms. The van der Waals surface area contributed by atoms with Crippen molar-refractivity contribution in [1.29, 1.82) is 0 Å². The molecule has 0 bridgehead atoms. The molecule has 0 aliphatic carbocycles. The number of amides is 1. The second-order valence-corrected chi connectivity index (χ2v) is 5.74. The van der Waals surface area contributed by atoms with E-state index in [9.17, 15) is 4.79 Å². The molecule has 2 aromatic rings. The summed E-state index contributed by atoms with van der Waals surface area (Å²) in [4.78, 5) is 12.3. The third-order valence-electron chi connectivity index (χ3n) is 3.50. The maximum absolute atomic E-state index is 12.3. The summed E-state index contributed by atoms with van der Waals surface area (Å²) >= 11 is 5.98. The van der Waals surface area contributed by atoms with Crippen LogP contribution < -0.4 is 15.8 Å². The summed E-state index contributed by atoms with van der Waals surface area (Å²) in [5.41, 5.74) is 8.57. The van der Waals surface area contributed by atoms with E-state index in [1.807, 2.05) is 24.6 Å². The highest BCUT2D eigenvalue weighted by Gasteiger charge is 2.14. The zero-order valence-electron chi connectivity index (χ0n) is 13.5. The van der Waals surface area contributed by atoms with Crippen LogP contribution in [0.1, 0.15) is 28.2 Å². The third kappa shape index (κ3) is 4.16. The zero-order valence-corrected chi connectivity index (χ0v) is 14.3. The quantitative estimate of drug-likeness (QED) is 0.627. The second kappa shape index (κ2) is 7.37. The zero-order chi connectivity index (χ0) is 17.0. The Kier molecular flexibility index (Phi) is 5.50. The lowest BCUT2D eigenvalue weighted by atomic mass is 10.1. The van der Waals surface area contributed by atoms with Gasteiger partial charge in [0.2, 0.25) is 0 Å². The standard InChI is InChI=1S/C16H21ClN4O2/c1-10-7-11(2)21(20-10)6-4-5-19-16(22)12-8-13(17)14(18)9-15(12)23-3/h7-9H,4-6,18H2,1-3H3,(H,19,22). The van der Waals surface area contributed by atoms with Crippen molar-refractivity contribution in [2.75, 3.05) is 19.4 Å². The molecule has 0 unspecified atom stereocenters. The first-order valence-electron chi connectivity index (χ1n) is 7.34. The van der Waals surface area contributed by atoms with Crippen LogP contribution in [0, 0.1) is 13.8 Å². The van der Waals surface area contributed by atoms with Crippen molar-refractivity contribution >= 4 is 23.2 Å². The highest BCUT2D eigenvalue weighted by Crippen LogP contribution is 2.28. The number of anilines is 1. The molecular formula is C16H21ClN4O2. The van der Waals surface area contributed by atoms with Crippen LogP contribution >= 0.6 is 11.6 Å². The van der Waals surface area contributed by atoms with Gasteiger partial charge in [-0.2, -0.15) is 5.10 Å². The molecular weight excluding hydrogens is 316 g/mol. The molecule has 0 saturated carbocycles. The largest absolute Gasteiger partial charge is 0.496 e. The number of rotatable bonds is 6. The number of nitrogens with two attached hydrogens (primary N) is 1. The minimum atomic E-state index is -0.239. The Morgan fingerprint density at radius 2 is 2.13 bits per heavy atom. The molecule has 23 heavy (non-hydrogen) atoms.